The maximum atomic E-state index is 14.4. The fraction of sp³-hybridized carbons (Fsp3) is 0.263. The molecule has 3 rings (SSSR count). The number of hydrogen-bond acceptors (Lipinski definition) is 6. The Balaban J connectivity index is 1.64. The van der Waals surface area contributed by atoms with Crippen LogP contribution in [0.4, 0.5) is 14.9 Å². The lowest BCUT2D eigenvalue weighted by molar-refractivity contribution is -0.119. The molecular formula is C19H18FN3O5. The Morgan fingerprint density at radius 2 is 2.21 bits per heavy atom. The number of cyclic esters (lactones) is 1. The van der Waals surface area contributed by atoms with Gasteiger partial charge in [-0.05, 0) is 24.3 Å². The number of pyridine rings is 1. The van der Waals surface area contributed by atoms with E-state index >= 15 is 0 Å². The zero-order valence-corrected chi connectivity index (χ0v) is 15.1. The SMILES string of the molecule is CC(=O)NC[C@H]1CN(c2ccc(C(=O)OCc3cccnc3)c(F)c2)C(=O)O1. The van der Waals surface area contributed by atoms with Crippen LogP contribution >= 0.6 is 0 Å². The minimum absolute atomic E-state index is 0.0306. The van der Waals surface area contributed by atoms with Gasteiger partial charge in [0, 0.05) is 24.9 Å². The molecule has 0 bridgehead atoms. The Hall–Kier alpha value is -3.49. The summed E-state index contributed by atoms with van der Waals surface area (Å²) < 4.78 is 24.6. The van der Waals surface area contributed by atoms with Gasteiger partial charge in [0.1, 0.15) is 18.5 Å². The number of benzene rings is 1. The highest BCUT2D eigenvalue weighted by Crippen LogP contribution is 2.24. The number of rotatable bonds is 6. The van der Waals surface area contributed by atoms with Crippen molar-refractivity contribution in [2.24, 2.45) is 0 Å². The number of carbonyl (C=O) groups excluding carboxylic acids is 3. The van der Waals surface area contributed by atoms with Crippen molar-refractivity contribution in [3.8, 4) is 0 Å². The Morgan fingerprint density at radius 1 is 1.39 bits per heavy atom. The Labute approximate surface area is 160 Å². The topological polar surface area (TPSA) is 97.8 Å². The lowest BCUT2D eigenvalue weighted by Gasteiger charge is -2.14. The van der Waals surface area contributed by atoms with Gasteiger partial charge in [-0.25, -0.2) is 14.0 Å². The normalized spacial score (nSPS) is 15.9. The molecule has 28 heavy (non-hydrogen) atoms. The lowest BCUT2D eigenvalue weighted by atomic mass is 10.1. The second kappa shape index (κ2) is 8.47. The molecule has 0 unspecified atom stereocenters. The van der Waals surface area contributed by atoms with Crippen LogP contribution in [0, 0.1) is 5.82 Å². The van der Waals surface area contributed by atoms with Crippen LogP contribution in [-0.4, -0.2) is 42.1 Å². The minimum Gasteiger partial charge on any atom is -0.457 e. The molecule has 0 aliphatic carbocycles. The van der Waals surface area contributed by atoms with Crippen LogP contribution in [0.3, 0.4) is 0 Å². The van der Waals surface area contributed by atoms with Gasteiger partial charge in [0.15, 0.2) is 0 Å². The Kier molecular flexibility index (Phi) is 5.83. The van der Waals surface area contributed by atoms with E-state index in [9.17, 15) is 18.8 Å². The van der Waals surface area contributed by atoms with Gasteiger partial charge in [-0.2, -0.15) is 0 Å². The largest absolute Gasteiger partial charge is 0.457 e. The summed E-state index contributed by atoms with van der Waals surface area (Å²) in [5.41, 5.74) is 0.685. The third kappa shape index (κ3) is 4.61. The van der Waals surface area contributed by atoms with Crippen LogP contribution in [0.5, 0.6) is 0 Å². The van der Waals surface area contributed by atoms with Crippen LogP contribution in [0.25, 0.3) is 0 Å². The number of aromatic nitrogens is 1. The van der Waals surface area contributed by atoms with Gasteiger partial charge in [0.2, 0.25) is 5.91 Å². The van der Waals surface area contributed by atoms with E-state index in [1.807, 2.05) is 0 Å². The molecule has 1 atom stereocenters. The summed E-state index contributed by atoms with van der Waals surface area (Å²) >= 11 is 0. The average Bonchev–Trinajstić information content (AvgIpc) is 3.06. The van der Waals surface area contributed by atoms with Crippen molar-refractivity contribution in [1.82, 2.24) is 10.3 Å². The number of carbonyl (C=O) groups is 3. The summed E-state index contributed by atoms with van der Waals surface area (Å²) in [6.07, 6.45) is 1.95. The molecule has 0 spiro atoms. The van der Waals surface area contributed by atoms with Crippen molar-refractivity contribution in [2.45, 2.75) is 19.6 Å². The Bertz CT molecular complexity index is 890. The van der Waals surface area contributed by atoms with Gasteiger partial charge in [-0.15, -0.1) is 0 Å². The quantitative estimate of drug-likeness (QED) is 0.762. The van der Waals surface area contributed by atoms with E-state index in [-0.39, 0.29) is 36.9 Å². The molecule has 1 N–H and O–H groups in total. The number of amides is 2. The van der Waals surface area contributed by atoms with Crippen molar-refractivity contribution in [3.63, 3.8) is 0 Å². The molecular weight excluding hydrogens is 369 g/mol. The van der Waals surface area contributed by atoms with Gasteiger partial charge in [-0.1, -0.05) is 6.07 Å². The Morgan fingerprint density at radius 3 is 2.89 bits per heavy atom. The molecule has 2 heterocycles. The van der Waals surface area contributed by atoms with Crippen LogP contribution in [0.2, 0.25) is 0 Å². The van der Waals surface area contributed by atoms with E-state index in [0.29, 0.717) is 5.56 Å². The molecule has 1 aliphatic rings. The third-order valence-electron chi connectivity index (χ3n) is 4.03. The second-order valence-corrected chi connectivity index (χ2v) is 6.16. The fourth-order valence-corrected chi connectivity index (χ4v) is 2.64. The highest BCUT2D eigenvalue weighted by molar-refractivity contribution is 5.93. The maximum Gasteiger partial charge on any atom is 0.414 e. The van der Waals surface area contributed by atoms with Crippen molar-refractivity contribution >= 4 is 23.7 Å². The van der Waals surface area contributed by atoms with Crippen LogP contribution < -0.4 is 10.2 Å². The van der Waals surface area contributed by atoms with E-state index in [1.165, 1.54) is 24.0 Å². The maximum absolute atomic E-state index is 14.4. The molecule has 1 aliphatic heterocycles. The van der Waals surface area contributed by atoms with E-state index in [4.69, 9.17) is 9.47 Å². The first-order valence-corrected chi connectivity index (χ1v) is 8.52. The summed E-state index contributed by atoms with van der Waals surface area (Å²) in [7, 11) is 0. The highest BCUT2D eigenvalue weighted by Gasteiger charge is 2.33. The predicted molar refractivity (Wildman–Crippen MR) is 96.1 cm³/mol. The highest BCUT2D eigenvalue weighted by atomic mass is 19.1. The van der Waals surface area contributed by atoms with E-state index in [1.54, 1.807) is 24.5 Å². The van der Waals surface area contributed by atoms with Crippen molar-refractivity contribution < 1.29 is 28.2 Å². The summed E-state index contributed by atoms with van der Waals surface area (Å²) in [6, 6.07) is 7.20. The molecule has 0 radical (unpaired) electrons. The van der Waals surface area contributed by atoms with Gasteiger partial charge in [-0.3, -0.25) is 14.7 Å². The zero-order valence-electron chi connectivity index (χ0n) is 15.1. The first-order chi connectivity index (χ1) is 13.4. The molecule has 1 saturated heterocycles. The molecule has 8 nitrogen and oxygen atoms in total. The summed E-state index contributed by atoms with van der Waals surface area (Å²) in [5, 5.41) is 2.56. The first kappa shape index (κ1) is 19.3. The number of halogens is 1. The second-order valence-electron chi connectivity index (χ2n) is 6.16. The van der Waals surface area contributed by atoms with Crippen LogP contribution in [-0.2, 0) is 20.9 Å². The summed E-state index contributed by atoms with van der Waals surface area (Å²) in [5.74, 6) is -1.87. The van der Waals surface area contributed by atoms with Crippen LogP contribution in [0.15, 0.2) is 42.7 Å². The molecule has 1 fully saturated rings. The molecule has 2 amide bonds. The molecule has 9 heteroatoms. The number of hydrogen-bond donors (Lipinski definition) is 1. The van der Waals surface area contributed by atoms with E-state index < -0.39 is 24.0 Å². The number of nitrogens with zero attached hydrogens (tertiary/aromatic N) is 2. The molecule has 1 aromatic carbocycles. The smallest absolute Gasteiger partial charge is 0.414 e. The third-order valence-corrected chi connectivity index (χ3v) is 4.03. The summed E-state index contributed by atoms with van der Waals surface area (Å²) in [6.45, 7) is 1.65. The standard InChI is InChI=1S/C19H18FN3O5/c1-12(24)22-9-15-10-23(19(26)28-15)14-4-5-16(17(20)7-14)18(25)27-11-13-3-2-6-21-8-13/h2-8,15H,9-11H2,1H3,(H,22,24)/t15-/m0/s1. The predicted octanol–water partition coefficient (Wildman–Crippen LogP) is 2.04. The van der Waals surface area contributed by atoms with Gasteiger partial charge in [0.25, 0.3) is 0 Å². The van der Waals surface area contributed by atoms with E-state index in [2.05, 4.69) is 10.3 Å². The van der Waals surface area contributed by atoms with Crippen molar-refractivity contribution in [3.05, 3.63) is 59.7 Å². The molecule has 1 aromatic heterocycles. The number of nitrogens with one attached hydrogen (secondary N) is 1. The molecule has 146 valence electrons. The van der Waals surface area contributed by atoms with Gasteiger partial charge < -0.3 is 14.8 Å². The first-order valence-electron chi connectivity index (χ1n) is 8.52. The molecule has 2 aromatic rings. The van der Waals surface area contributed by atoms with Crippen molar-refractivity contribution in [2.75, 3.05) is 18.0 Å². The van der Waals surface area contributed by atoms with Crippen LogP contribution in [0.1, 0.15) is 22.8 Å². The lowest BCUT2D eigenvalue weighted by Crippen LogP contribution is -2.33. The number of ether oxygens (including phenoxy) is 2. The molecule has 0 saturated carbocycles. The number of esters is 1. The van der Waals surface area contributed by atoms with Crippen molar-refractivity contribution in [1.29, 1.82) is 0 Å². The van der Waals surface area contributed by atoms with Gasteiger partial charge >= 0.3 is 12.1 Å². The summed E-state index contributed by atoms with van der Waals surface area (Å²) in [4.78, 5) is 40.2. The number of anilines is 1. The minimum atomic E-state index is -0.819. The zero-order chi connectivity index (χ0) is 20.1. The average molecular weight is 387 g/mol. The monoisotopic (exact) mass is 387 g/mol. The fourth-order valence-electron chi connectivity index (χ4n) is 2.64. The van der Waals surface area contributed by atoms with E-state index in [0.717, 1.165) is 6.07 Å². The van der Waals surface area contributed by atoms with Gasteiger partial charge in [0.05, 0.1) is 24.3 Å².